The summed E-state index contributed by atoms with van der Waals surface area (Å²) in [5.41, 5.74) is 1.66. The summed E-state index contributed by atoms with van der Waals surface area (Å²) in [6.07, 6.45) is 12.1. The molecule has 0 aromatic heterocycles. The molecule has 0 aliphatic heterocycles. The SMILES string of the molecule is CCOC(=O)CCCCC1=C[C@@H]2CCC[C@@H]2C1. The van der Waals surface area contributed by atoms with Crippen LogP contribution in [0, 0.1) is 11.8 Å². The van der Waals surface area contributed by atoms with Gasteiger partial charge in [0.15, 0.2) is 0 Å². The summed E-state index contributed by atoms with van der Waals surface area (Å²) in [4.78, 5) is 11.2. The van der Waals surface area contributed by atoms with Crippen molar-refractivity contribution in [2.24, 2.45) is 11.8 Å². The van der Waals surface area contributed by atoms with Gasteiger partial charge < -0.3 is 4.74 Å². The maximum atomic E-state index is 11.2. The fourth-order valence-electron chi connectivity index (χ4n) is 3.29. The number of allylic oxidation sites excluding steroid dienone is 2. The highest BCUT2D eigenvalue weighted by molar-refractivity contribution is 5.69. The molecule has 2 aliphatic rings. The van der Waals surface area contributed by atoms with Gasteiger partial charge in [-0.1, -0.05) is 18.1 Å². The van der Waals surface area contributed by atoms with Crippen molar-refractivity contribution in [2.75, 3.05) is 6.61 Å². The van der Waals surface area contributed by atoms with Gasteiger partial charge in [0.1, 0.15) is 0 Å². The van der Waals surface area contributed by atoms with Crippen LogP contribution in [0.2, 0.25) is 0 Å². The van der Waals surface area contributed by atoms with Crippen molar-refractivity contribution in [3.63, 3.8) is 0 Å². The van der Waals surface area contributed by atoms with E-state index in [0.717, 1.165) is 24.7 Å². The monoisotopic (exact) mass is 236 g/mol. The molecule has 0 radical (unpaired) electrons. The van der Waals surface area contributed by atoms with Crippen molar-refractivity contribution >= 4 is 5.97 Å². The zero-order chi connectivity index (χ0) is 12.1. The molecule has 2 heteroatoms. The van der Waals surface area contributed by atoms with Crippen molar-refractivity contribution in [3.05, 3.63) is 11.6 Å². The van der Waals surface area contributed by atoms with Crippen LogP contribution < -0.4 is 0 Å². The molecule has 96 valence electrons. The van der Waals surface area contributed by atoms with E-state index >= 15 is 0 Å². The van der Waals surface area contributed by atoms with Gasteiger partial charge in [-0.3, -0.25) is 4.79 Å². The molecule has 2 atom stereocenters. The van der Waals surface area contributed by atoms with Crippen LogP contribution in [0.25, 0.3) is 0 Å². The highest BCUT2D eigenvalue weighted by atomic mass is 16.5. The number of esters is 1. The maximum absolute atomic E-state index is 11.2. The number of ether oxygens (including phenoxy) is 1. The second kappa shape index (κ2) is 6.23. The average Bonchev–Trinajstić information content (AvgIpc) is 2.85. The third-order valence-electron chi connectivity index (χ3n) is 4.13. The lowest BCUT2D eigenvalue weighted by Gasteiger charge is -2.07. The van der Waals surface area contributed by atoms with E-state index in [9.17, 15) is 4.79 Å². The van der Waals surface area contributed by atoms with E-state index in [1.165, 1.54) is 32.1 Å². The van der Waals surface area contributed by atoms with Gasteiger partial charge in [0.25, 0.3) is 0 Å². The van der Waals surface area contributed by atoms with E-state index in [-0.39, 0.29) is 5.97 Å². The molecule has 0 unspecified atom stereocenters. The molecule has 2 nitrogen and oxygen atoms in total. The van der Waals surface area contributed by atoms with Crippen LogP contribution in [0.4, 0.5) is 0 Å². The summed E-state index contributed by atoms with van der Waals surface area (Å²) < 4.78 is 4.92. The highest BCUT2D eigenvalue weighted by Crippen LogP contribution is 2.43. The first-order valence-electron chi connectivity index (χ1n) is 7.14. The Morgan fingerprint density at radius 2 is 2.29 bits per heavy atom. The minimum Gasteiger partial charge on any atom is -0.466 e. The Balaban J connectivity index is 1.58. The quantitative estimate of drug-likeness (QED) is 0.398. The van der Waals surface area contributed by atoms with E-state index in [2.05, 4.69) is 6.08 Å². The van der Waals surface area contributed by atoms with E-state index in [1.54, 1.807) is 5.57 Å². The third kappa shape index (κ3) is 3.58. The normalized spacial score (nSPS) is 26.8. The molecule has 0 spiro atoms. The van der Waals surface area contributed by atoms with Gasteiger partial charge in [0.2, 0.25) is 0 Å². The largest absolute Gasteiger partial charge is 0.466 e. The lowest BCUT2D eigenvalue weighted by atomic mass is 9.99. The van der Waals surface area contributed by atoms with Crippen LogP contribution >= 0.6 is 0 Å². The summed E-state index contributed by atoms with van der Waals surface area (Å²) in [7, 11) is 0. The lowest BCUT2D eigenvalue weighted by Crippen LogP contribution is -2.03. The second-order valence-corrected chi connectivity index (χ2v) is 5.40. The standard InChI is InChI=1S/C15H24O2/c1-2-17-15(16)9-4-3-6-12-10-13-7-5-8-14(13)11-12/h10,13-14H,2-9,11H2,1H3/t13-,14+/m0/s1. The predicted octanol–water partition coefficient (Wildman–Crippen LogP) is 3.86. The van der Waals surface area contributed by atoms with Gasteiger partial charge in [-0.05, 0) is 57.3 Å². The molecule has 0 aromatic rings. The summed E-state index contributed by atoms with van der Waals surface area (Å²) in [5, 5.41) is 0. The van der Waals surface area contributed by atoms with Crippen molar-refractivity contribution < 1.29 is 9.53 Å². The fraction of sp³-hybridized carbons (Fsp3) is 0.800. The highest BCUT2D eigenvalue weighted by Gasteiger charge is 2.30. The number of hydrogen-bond donors (Lipinski definition) is 0. The molecule has 0 heterocycles. The molecule has 1 fully saturated rings. The molecule has 0 bridgehead atoms. The smallest absolute Gasteiger partial charge is 0.305 e. The van der Waals surface area contributed by atoms with Crippen LogP contribution in [0.5, 0.6) is 0 Å². The van der Waals surface area contributed by atoms with Crippen LogP contribution in [0.15, 0.2) is 11.6 Å². The van der Waals surface area contributed by atoms with Crippen LogP contribution in [0.1, 0.15) is 58.3 Å². The molecular formula is C15H24O2. The summed E-state index contributed by atoms with van der Waals surface area (Å²) >= 11 is 0. The first kappa shape index (κ1) is 12.7. The number of carbonyl (C=O) groups is 1. The Morgan fingerprint density at radius 1 is 1.41 bits per heavy atom. The minimum absolute atomic E-state index is 0.0372. The first-order valence-corrected chi connectivity index (χ1v) is 7.14. The van der Waals surface area contributed by atoms with Crippen molar-refractivity contribution in [2.45, 2.75) is 58.3 Å². The number of unbranched alkanes of at least 4 members (excludes halogenated alkanes) is 1. The summed E-state index contributed by atoms with van der Waals surface area (Å²) in [6.45, 7) is 2.37. The van der Waals surface area contributed by atoms with E-state index in [4.69, 9.17) is 4.74 Å². The number of carbonyl (C=O) groups excluding carboxylic acids is 1. The Kier molecular flexibility index (Phi) is 4.64. The Hall–Kier alpha value is -0.790. The van der Waals surface area contributed by atoms with Gasteiger partial charge in [-0.15, -0.1) is 0 Å². The van der Waals surface area contributed by atoms with Crippen molar-refractivity contribution in [1.82, 2.24) is 0 Å². The molecule has 1 saturated carbocycles. The molecule has 0 saturated heterocycles. The van der Waals surface area contributed by atoms with Gasteiger partial charge in [0.05, 0.1) is 6.61 Å². The molecular weight excluding hydrogens is 212 g/mol. The van der Waals surface area contributed by atoms with Gasteiger partial charge >= 0.3 is 5.97 Å². The van der Waals surface area contributed by atoms with Gasteiger partial charge in [-0.25, -0.2) is 0 Å². The minimum atomic E-state index is -0.0372. The van der Waals surface area contributed by atoms with Crippen LogP contribution in [-0.4, -0.2) is 12.6 Å². The number of hydrogen-bond acceptors (Lipinski definition) is 2. The Morgan fingerprint density at radius 3 is 3.06 bits per heavy atom. The maximum Gasteiger partial charge on any atom is 0.305 e. The molecule has 0 aromatic carbocycles. The molecule has 2 rings (SSSR count). The Labute approximate surface area is 104 Å². The lowest BCUT2D eigenvalue weighted by molar-refractivity contribution is -0.143. The Bertz CT molecular complexity index is 293. The van der Waals surface area contributed by atoms with Crippen LogP contribution in [-0.2, 0) is 9.53 Å². The van der Waals surface area contributed by atoms with Gasteiger partial charge in [0, 0.05) is 6.42 Å². The third-order valence-corrected chi connectivity index (χ3v) is 4.13. The number of rotatable bonds is 6. The molecule has 0 amide bonds. The van der Waals surface area contributed by atoms with Crippen molar-refractivity contribution in [3.8, 4) is 0 Å². The van der Waals surface area contributed by atoms with E-state index in [0.29, 0.717) is 13.0 Å². The fourth-order valence-corrected chi connectivity index (χ4v) is 3.29. The average molecular weight is 236 g/mol. The second-order valence-electron chi connectivity index (χ2n) is 5.40. The van der Waals surface area contributed by atoms with E-state index in [1.807, 2.05) is 6.92 Å². The zero-order valence-electron chi connectivity index (χ0n) is 10.9. The van der Waals surface area contributed by atoms with Crippen LogP contribution in [0.3, 0.4) is 0 Å². The summed E-state index contributed by atoms with van der Waals surface area (Å²) in [5.74, 6) is 1.83. The predicted molar refractivity (Wildman–Crippen MR) is 68.6 cm³/mol. The van der Waals surface area contributed by atoms with Gasteiger partial charge in [-0.2, -0.15) is 0 Å². The van der Waals surface area contributed by atoms with Crippen molar-refractivity contribution in [1.29, 1.82) is 0 Å². The molecule has 2 aliphatic carbocycles. The zero-order valence-corrected chi connectivity index (χ0v) is 10.9. The molecule has 17 heavy (non-hydrogen) atoms. The van der Waals surface area contributed by atoms with E-state index < -0.39 is 0 Å². The summed E-state index contributed by atoms with van der Waals surface area (Å²) in [6, 6.07) is 0. The molecule has 0 N–H and O–H groups in total. The first-order chi connectivity index (χ1) is 8.29. The number of fused-ring (bicyclic) bond motifs is 1. The topological polar surface area (TPSA) is 26.3 Å².